The normalized spacial score (nSPS) is 16.6. The van der Waals surface area contributed by atoms with E-state index >= 15 is 0 Å². The highest BCUT2D eigenvalue weighted by molar-refractivity contribution is 7.89. The van der Waals surface area contributed by atoms with E-state index in [0.29, 0.717) is 36.7 Å². The summed E-state index contributed by atoms with van der Waals surface area (Å²) in [5.74, 6) is -0.682. The first-order chi connectivity index (χ1) is 18.2. The van der Waals surface area contributed by atoms with Crippen LogP contribution in [0.25, 0.3) is 5.57 Å². The molecule has 0 spiro atoms. The predicted octanol–water partition coefficient (Wildman–Crippen LogP) is 2.83. The molecule has 38 heavy (non-hydrogen) atoms. The molecule has 0 saturated carbocycles. The Labute approximate surface area is 219 Å². The van der Waals surface area contributed by atoms with Crippen molar-refractivity contribution in [3.63, 3.8) is 0 Å². The molecule has 13 heteroatoms. The van der Waals surface area contributed by atoms with Crippen LogP contribution in [0, 0.1) is 17.1 Å². The van der Waals surface area contributed by atoms with Crippen LogP contribution in [0.3, 0.4) is 0 Å². The zero-order valence-electron chi connectivity index (χ0n) is 20.6. The highest BCUT2D eigenvalue weighted by atomic mass is 32.2. The maximum Gasteiger partial charge on any atom is 0.240 e. The molecule has 3 aromatic rings. The quantitative estimate of drug-likeness (QED) is 0.347. The van der Waals surface area contributed by atoms with Crippen LogP contribution in [-0.2, 0) is 10.0 Å². The molecule has 0 unspecified atom stereocenters. The molecule has 5 N–H and O–H groups in total. The van der Waals surface area contributed by atoms with Gasteiger partial charge < -0.3 is 25.8 Å². The third-order valence-electron chi connectivity index (χ3n) is 6.47. The summed E-state index contributed by atoms with van der Waals surface area (Å²) in [6, 6.07) is 12.3. The second-order valence-corrected chi connectivity index (χ2v) is 10.6. The summed E-state index contributed by atoms with van der Waals surface area (Å²) in [4.78, 5) is 12.4. The van der Waals surface area contributed by atoms with E-state index < -0.39 is 15.8 Å². The standard InChI is InChI=1S/C25H26FN9O2S/c1-34-9-11-35(12-10-34)21-6-5-17(13-22(21)38(28,36)37)31-25-30-15-19(26)24(33-25)32-20-4-2-3-18-16(7-8-27)14-29-23(18)20/h2-7,13,15,29H,9-12,14H2,1H3,(H2,28,36,37)(H2,30,31,32,33)/b16-7+. The summed E-state index contributed by atoms with van der Waals surface area (Å²) in [7, 11) is -2.01. The Morgan fingerprint density at radius 1 is 1.18 bits per heavy atom. The minimum atomic E-state index is -4.02. The Hall–Kier alpha value is -4.25. The number of fused-ring (bicyclic) bond motifs is 1. The number of nitrogens with one attached hydrogen (secondary N) is 3. The largest absolute Gasteiger partial charge is 0.379 e. The summed E-state index contributed by atoms with van der Waals surface area (Å²) < 4.78 is 39.5. The van der Waals surface area contributed by atoms with Gasteiger partial charge in [0.2, 0.25) is 16.0 Å². The first-order valence-corrected chi connectivity index (χ1v) is 13.4. The van der Waals surface area contributed by atoms with Gasteiger partial charge in [-0.2, -0.15) is 10.2 Å². The number of primary sulfonamides is 1. The number of aromatic nitrogens is 2. The summed E-state index contributed by atoms with van der Waals surface area (Å²) >= 11 is 0. The molecule has 196 valence electrons. The number of sulfonamides is 1. The number of hydrogen-bond donors (Lipinski definition) is 4. The second-order valence-electron chi connectivity index (χ2n) is 9.04. The van der Waals surface area contributed by atoms with Crippen LogP contribution in [0.15, 0.2) is 53.6 Å². The van der Waals surface area contributed by atoms with E-state index in [1.165, 1.54) is 12.1 Å². The number of nitrogens with zero attached hydrogens (tertiary/aromatic N) is 5. The molecule has 2 aliphatic rings. The van der Waals surface area contributed by atoms with Gasteiger partial charge in [-0.15, -0.1) is 0 Å². The Morgan fingerprint density at radius 3 is 2.71 bits per heavy atom. The molecular weight excluding hydrogens is 509 g/mol. The van der Waals surface area contributed by atoms with Gasteiger partial charge in [-0.25, -0.2) is 22.9 Å². The molecule has 1 fully saturated rings. The fourth-order valence-electron chi connectivity index (χ4n) is 4.50. The first kappa shape index (κ1) is 25.4. The van der Waals surface area contributed by atoms with Crippen molar-refractivity contribution in [2.24, 2.45) is 5.14 Å². The maximum atomic E-state index is 14.7. The van der Waals surface area contributed by atoms with E-state index in [1.54, 1.807) is 24.3 Å². The number of halogens is 1. The van der Waals surface area contributed by atoms with Gasteiger partial charge in [-0.3, -0.25) is 0 Å². The molecule has 0 radical (unpaired) electrons. The van der Waals surface area contributed by atoms with Crippen molar-refractivity contribution in [2.45, 2.75) is 4.90 Å². The van der Waals surface area contributed by atoms with Crippen molar-refractivity contribution >= 4 is 50.1 Å². The van der Waals surface area contributed by atoms with Gasteiger partial charge in [0.1, 0.15) is 4.90 Å². The maximum absolute atomic E-state index is 14.7. The summed E-state index contributed by atoms with van der Waals surface area (Å²) in [6.07, 6.45) is 2.50. The average Bonchev–Trinajstić information content (AvgIpc) is 3.30. The zero-order chi connectivity index (χ0) is 26.9. The van der Waals surface area contributed by atoms with Crippen LogP contribution in [0.1, 0.15) is 5.56 Å². The fraction of sp³-hybridized carbons (Fsp3) is 0.240. The number of nitrogens with two attached hydrogens (primary N) is 1. The van der Waals surface area contributed by atoms with Gasteiger partial charge in [0.15, 0.2) is 11.6 Å². The topological polar surface area (TPSA) is 152 Å². The number of anilines is 6. The van der Waals surface area contributed by atoms with Gasteiger partial charge in [-0.1, -0.05) is 12.1 Å². The van der Waals surface area contributed by atoms with Crippen LogP contribution in [0.4, 0.5) is 38.9 Å². The van der Waals surface area contributed by atoms with Crippen LogP contribution in [-0.4, -0.2) is 63.1 Å². The lowest BCUT2D eigenvalue weighted by atomic mass is 10.1. The number of benzene rings is 2. The molecule has 0 amide bonds. The summed E-state index contributed by atoms with van der Waals surface area (Å²) in [5, 5.41) is 23.7. The lowest BCUT2D eigenvalue weighted by molar-refractivity contribution is 0.312. The molecule has 5 rings (SSSR count). The van der Waals surface area contributed by atoms with Gasteiger partial charge in [0.25, 0.3) is 0 Å². The number of hydrogen-bond acceptors (Lipinski definition) is 10. The smallest absolute Gasteiger partial charge is 0.240 e. The molecule has 0 bridgehead atoms. The molecule has 1 aromatic heterocycles. The minimum absolute atomic E-state index is 0.0142. The lowest BCUT2D eigenvalue weighted by Crippen LogP contribution is -2.45. The molecule has 1 saturated heterocycles. The van der Waals surface area contributed by atoms with E-state index in [0.717, 1.165) is 36.1 Å². The molecule has 0 aliphatic carbocycles. The highest BCUT2D eigenvalue weighted by Gasteiger charge is 2.23. The van der Waals surface area contributed by atoms with E-state index in [1.807, 2.05) is 24.1 Å². The van der Waals surface area contributed by atoms with Crippen LogP contribution >= 0.6 is 0 Å². The molecule has 3 heterocycles. The number of likely N-dealkylation sites (N-methyl/N-ethyl adjacent to an activating group) is 1. The summed E-state index contributed by atoms with van der Waals surface area (Å²) in [6.45, 7) is 3.44. The Kier molecular flexibility index (Phi) is 6.85. The van der Waals surface area contributed by atoms with Crippen molar-refractivity contribution in [2.75, 3.05) is 60.6 Å². The Bertz CT molecular complexity index is 1560. The van der Waals surface area contributed by atoms with Crippen molar-refractivity contribution in [3.8, 4) is 6.07 Å². The Morgan fingerprint density at radius 2 is 1.97 bits per heavy atom. The number of para-hydroxylation sites is 1. The van der Waals surface area contributed by atoms with E-state index in [-0.39, 0.29) is 16.7 Å². The van der Waals surface area contributed by atoms with Crippen LogP contribution in [0.5, 0.6) is 0 Å². The van der Waals surface area contributed by atoms with Gasteiger partial charge in [0.05, 0.1) is 29.3 Å². The zero-order valence-corrected chi connectivity index (χ0v) is 21.4. The van der Waals surface area contributed by atoms with Crippen molar-refractivity contribution < 1.29 is 12.8 Å². The predicted molar refractivity (Wildman–Crippen MR) is 145 cm³/mol. The van der Waals surface area contributed by atoms with Crippen molar-refractivity contribution in [3.05, 3.63) is 60.1 Å². The van der Waals surface area contributed by atoms with Crippen molar-refractivity contribution in [1.29, 1.82) is 5.26 Å². The lowest BCUT2D eigenvalue weighted by Gasteiger charge is -2.35. The molecule has 2 aromatic carbocycles. The van der Waals surface area contributed by atoms with E-state index in [2.05, 4.69) is 30.8 Å². The van der Waals surface area contributed by atoms with E-state index in [4.69, 9.17) is 10.4 Å². The molecule has 11 nitrogen and oxygen atoms in total. The van der Waals surface area contributed by atoms with Crippen LogP contribution in [0.2, 0.25) is 0 Å². The molecule has 0 atom stereocenters. The molecular formula is C25H26FN9O2S. The third kappa shape index (κ3) is 5.23. The average molecular weight is 536 g/mol. The number of allylic oxidation sites excluding steroid dienone is 1. The highest BCUT2D eigenvalue weighted by Crippen LogP contribution is 2.38. The molecule has 2 aliphatic heterocycles. The number of nitriles is 1. The second kappa shape index (κ2) is 10.3. The monoisotopic (exact) mass is 535 g/mol. The Balaban J connectivity index is 1.41. The van der Waals surface area contributed by atoms with E-state index in [9.17, 15) is 12.8 Å². The number of piperazine rings is 1. The fourth-order valence-corrected chi connectivity index (χ4v) is 5.28. The van der Waals surface area contributed by atoms with Gasteiger partial charge in [0, 0.05) is 50.1 Å². The SMILES string of the molecule is CN1CCN(c2ccc(Nc3ncc(F)c(Nc4cccc5c4NC/C5=C\C#N)n3)cc2S(N)(=O)=O)CC1. The number of rotatable bonds is 6. The van der Waals surface area contributed by atoms with Crippen LogP contribution < -0.4 is 26.0 Å². The van der Waals surface area contributed by atoms with Gasteiger partial charge in [-0.05, 0) is 36.9 Å². The van der Waals surface area contributed by atoms with Crippen molar-refractivity contribution in [1.82, 2.24) is 14.9 Å². The first-order valence-electron chi connectivity index (χ1n) is 11.9. The summed E-state index contributed by atoms with van der Waals surface area (Å²) in [5.41, 5.74) is 3.92. The third-order valence-corrected chi connectivity index (χ3v) is 7.41. The minimum Gasteiger partial charge on any atom is -0.379 e. The van der Waals surface area contributed by atoms with Gasteiger partial charge >= 0.3 is 0 Å².